The van der Waals surface area contributed by atoms with E-state index in [1.54, 1.807) is 37.3 Å². The molecule has 2 aromatic rings. The van der Waals surface area contributed by atoms with Crippen LogP contribution in [0.3, 0.4) is 0 Å². The Morgan fingerprint density at radius 3 is 2.25 bits per heavy atom. The fourth-order valence-corrected chi connectivity index (χ4v) is 3.76. The molecule has 0 radical (unpaired) electrons. The minimum Gasteiger partial charge on any atom is -0.479 e. The smallest absolute Gasteiger partial charge is 0.266 e. The van der Waals surface area contributed by atoms with E-state index in [0.717, 1.165) is 11.1 Å². The van der Waals surface area contributed by atoms with Crippen molar-refractivity contribution in [1.29, 1.82) is 0 Å². The Hall–Kier alpha value is -2.27. The molecule has 0 unspecified atom stereocenters. The number of benzene rings is 2. The maximum absolute atomic E-state index is 13.1. The fraction of sp³-hybridized carbons (Fsp3) is 0.263. The molecule has 0 amide bonds. The lowest BCUT2D eigenvalue weighted by Crippen LogP contribution is -2.31. The number of hydrogen-bond donors (Lipinski definition) is 0. The number of nitrogens with zero attached hydrogens (tertiary/aromatic N) is 1. The number of rotatable bonds is 7. The van der Waals surface area contributed by atoms with Crippen molar-refractivity contribution < 1.29 is 13.2 Å². The monoisotopic (exact) mass is 345 g/mol. The summed E-state index contributed by atoms with van der Waals surface area (Å²) in [5.41, 5.74) is 1.91. The van der Waals surface area contributed by atoms with Crippen LogP contribution in [0.4, 0.5) is 0 Å². The van der Waals surface area contributed by atoms with E-state index in [9.17, 15) is 8.42 Å². The minimum atomic E-state index is -3.71. The first-order chi connectivity index (χ1) is 11.5. The van der Waals surface area contributed by atoms with Crippen molar-refractivity contribution in [2.45, 2.75) is 32.2 Å². The lowest BCUT2D eigenvalue weighted by molar-refractivity contribution is 0.161. The molecule has 0 saturated heterocycles. The molecule has 0 aliphatic heterocycles. The van der Waals surface area contributed by atoms with Gasteiger partial charge in [-0.15, -0.1) is 0 Å². The molecule has 2 rings (SSSR count). The predicted molar refractivity (Wildman–Crippen MR) is 95.7 cm³/mol. The number of hydrogen-bond acceptors (Lipinski definition) is 3. The van der Waals surface area contributed by atoms with Gasteiger partial charge in [-0.2, -0.15) is 0 Å². The quantitative estimate of drug-likeness (QED) is 0.710. The molecule has 0 aliphatic carbocycles. The van der Waals surface area contributed by atoms with E-state index >= 15 is 0 Å². The second kappa shape index (κ2) is 8.02. The molecule has 5 heteroatoms. The average molecular weight is 345 g/mol. The first kappa shape index (κ1) is 18.1. The van der Waals surface area contributed by atoms with Crippen LogP contribution in [0.5, 0.6) is 0 Å². The van der Waals surface area contributed by atoms with Gasteiger partial charge in [-0.25, -0.2) is 12.7 Å². The summed E-state index contributed by atoms with van der Waals surface area (Å²) in [4.78, 5) is 0.253. The third kappa shape index (κ3) is 4.17. The summed E-state index contributed by atoms with van der Waals surface area (Å²) in [6, 6.07) is 16.3. The van der Waals surface area contributed by atoms with E-state index in [-0.39, 0.29) is 11.4 Å². The van der Waals surface area contributed by atoms with Gasteiger partial charge in [0.15, 0.2) is 5.88 Å². The van der Waals surface area contributed by atoms with Gasteiger partial charge in [0.1, 0.15) is 0 Å². The van der Waals surface area contributed by atoms with Gasteiger partial charge in [0.05, 0.1) is 18.0 Å². The van der Waals surface area contributed by atoms with Crippen LogP contribution in [0.2, 0.25) is 0 Å². The zero-order valence-electron chi connectivity index (χ0n) is 14.3. The zero-order chi connectivity index (χ0) is 17.6. The molecule has 0 bridgehead atoms. The average Bonchev–Trinajstić information content (AvgIpc) is 2.59. The third-order valence-electron chi connectivity index (χ3n) is 3.56. The first-order valence-electron chi connectivity index (χ1n) is 7.91. The number of ether oxygens (including phenoxy) is 1. The second-order valence-corrected chi connectivity index (χ2v) is 7.23. The van der Waals surface area contributed by atoms with Crippen molar-refractivity contribution in [1.82, 2.24) is 4.31 Å². The lowest BCUT2D eigenvalue weighted by atomic mass is 10.2. The van der Waals surface area contributed by atoms with Crippen molar-refractivity contribution >= 4 is 10.0 Å². The van der Waals surface area contributed by atoms with E-state index in [1.165, 1.54) is 4.31 Å². The second-order valence-electron chi connectivity index (χ2n) is 5.37. The van der Waals surface area contributed by atoms with Gasteiger partial charge in [0.25, 0.3) is 10.0 Å². The Bertz CT molecular complexity index is 781. The Kier molecular flexibility index (Phi) is 6.04. The van der Waals surface area contributed by atoms with E-state index in [2.05, 4.69) is 0 Å². The minimum absolute atomic E-state index is 0.219. The van der Waals surface area contributed by atoms with Crippen LogP contribution in [-0.2, 0) is 21.3 Å². The van der Waals surface area contributed by atoms with Gasteiger partial charge in [-0.1, -0.05) is 48.0 Å². The highest BCUT2D eigenvalue weighted by Crippen LogP contribution is 2.24. The fourth-order valence-electron chi connectivity index (χ4n) is 2.32. The molecule has 0 saturated carbocycles. The van der Waals surface area contributed by atoms with Crippen molar-refractivity contribution in [3.05, 3.63) is 77.7 Å². The molecule has 0 aliphatic rings. The topological polar surface area (TPSA) is 46.6 Å². The van der Waals surface area contributed by atoms with Crippen molar-refractivity contribution in [3.8, 4) is 0 Å². The maximum Gasteiger partial charge on any atom is 0.266 e. The Labute approximate surface area is 144 Å². The standard InChI is InChI=1S/C19H23NO3S/c1-4-19(23-5-2)20(15-17-9-7-6-8-10-17)24(21,22)18-13-11-16(3)12-14-18/h4,6-14H,5,15H2,1-3H3/b19-4+. The summed E-state index contributed by atoms with van der Waals surface area (Å²) in [6.45, 7) is 6.15. The number of sulfonamides is 1. The van der Waals surface area contributed by atoms with E-state index in [1.807, 2.05) is 44.2 Å². The highest BCUT2D eigenvalue weighted by molar-refractivity contribution is 7.89. The van der Waals surface area contributed by atoms with Crippen LogP contribution >= 0.6 is 0 Å². The molecule has 0 heterocycles. The molecular weight excluding hydrogens is 322 g/mol. The van der Waals surface area contributed by atoms with Crippen LogP contribution in [0, 0.1) is 6.92 Å². The van der Waals surface area contributed by atoms with Gasteiger partial charge in [0, 0.05) is 0 Å². The highest BCUT2D eigenvalue weighted by Gasteiger charge is 2.27. The summed E-state index contributed by atoms with van der Waals surface area (Å²) in [7, 11) is -3.71. The Morgan fingerprint density at radius 1 is 1.08 bits per heavy atom. The summed E-state index contributed by atoms with van der Waals surface area (Å²) in [5.74, 6) is 0.335. The summed E-state index contributed by atoms with van der Waals surface area (Å²) < 4.78 is 33.1. The molecule has 128 valence electrons. The maximum atomic E-state index is 13.1. The molecule has 2 aromatic carbocycles. The van der Waals surface area contributed by atoms with E-state index in [4.69, 9.17) is 4.74 Å². The molecule has 0 atom stereocenters. The Morgan fingerprint density at radius 2 is 1.71 bits per heavy atom. The molecule has 4 nitrogen and oxygen atoms in total. The van der Waals surface area contributed by atoms with Crippen molar-refractivity contribution in [3.63, 3.8) is 0 Å². The number of allylic oxidation sites excluding steroid dienone is 1. The first-order valence-corrected chi connectivity index (χ1v) is 9.35. The van der Waals surface area contributed by atoms with E-state index in [0.29, 0.717) is 12.5 Å². The molecule has 0 aromatic heterocycles. The van der Waals surface area contributed by atoms with Crippen LogP contribution in [0.25, 0.3) is 0 Å². The molecule has 0 N–H and O–H groups in total. The number of aryl methyl sites for hydroxylation is 1. The van der Waals surface area contributed by atoms with Gasteiger partial charge in [-0.3, -0.25) is 0 Å². The van der Waals surface area contributed by atoms with Crippen molar-refractivity contribution in [2.24, 2.45) is 0 Å². The zero-order valence-corrected chi connectivity index (χ0v) is 15.1. The molecular formula is C19H23NO3S. The molecule has 0 spiro atoms. The molecule has 0 fully saturated rings. The third-order valence-corrected chi connectivity index (χ3v) is 5.32. The summed E-state index contributed by atoms with van der Waals surface area (Å²) in [5, 5.41) is 0. The van der Waals surface area contributed by atoms with Crippen LogP contribution in [0.1, 0.15) is 25.0 Å². The van der Waals surface area contributed by atoms with Crippen LogP contribution < -0.4 is 0 Å². The summed E-state index contributed by atoms with van der Waals surface area (Å²) >= 11 is 0. The van der Waals surface area contributed by atoms with Crippen LogP contribution in [-0.4, -0.2) is 19.3 Å². The van der Waals surface area contributed by atoms with Gasteiger partial charge < -0.3 is 4.74 Å². The van der Waals surface area contributed by atoms with Gasteiger partial charge in [-0.05, 0) is 44.5 Å². The predicted octanol–water partition coefficient (Wildman–Crippen LogP) is 4.08. The van der Waals surface area contributed by atoms with Gasteiger partial charge in [0.2, 0.25) is 0 Å². The largest absolute Gasteiger partial charge is 0.479 e. The molecule has 24 heavy (non-hydrogen) atoms. The normalized spacial score (nSPS) is 12.0. The van der Waals surface area contributed by atoms with E-state index < -0.39 is 10.0 Å². The van der Waals surface area contributed by atoms with Crippen molar-refractivity contribution in [2.75, 3.05) is 6.61 Å². The summed E-state index contributed by atoms with van der Waals surface area (Å²) in [6.07, 6.45) is 1.68. The van der Waals surface area contributed by atoms with Gasteiger partial charge >= 0.3 is 0 Å². The highest BCUT2D eigenvalue weighted by atomic mass is 32.2. The Balaban J connectivity index is 2.46. The SMILES string of the molecule is C/C=C(/OCC)N(Cc1ccccc1)S(=O)(=O)c1ccc(C)cc1. The lowest BCUT2D eigenvalue weighted by Gasteiger charge is -2.26. The van der Waals surface area contributed by atoms with Crippen LogP contribution in [0.15, 0.2) is 71.5 Å².